The Hall–Kier alpha value is -7.16. The molecule has 0 bridgehead atoms. The number of rotatable bonds is 8. The van der Waals surface area contributed by atoms with Gasteiger partial charge in [-0.05, 0) is 177 Å². The lowest BCUT2D eigenvalue weighted by Gasteiger charge is -2.26. The molecule has 0 saturated heterocycles. The monoisotopic (exact) mass is 744 g/mol. The van der Waals surface area contributed by atoms with Gasteiger partial charge >= 0.3 is 0 Å². The molecule has 278 valence electrons. The summed E-state index contributed by atoms with van der Waals surface area (Å²) >= 11 is 0. The standard InChI is InChI=1S/C56H44N2/c1-37-13-11-19-48(33-37)57(44-15-7-5-8-16-44)46-26-21-41(22-27-46)53-36-39(3)50-31-32-52-54(40(4)35-43-25-30-51(53)56(50)55(43)52)42-23-28-47(29-24-42)58(45-17-9-6-10-18-45)49-20-12-14-38(2)34-49/h5-36H,1-4H3. The van der Waals surface area contributed by atoms with E-state index in [1.807, 2.05) is 0 Å². The molecule has 0 atom stereocenters. The van der Waals surface area contributed by atoms with E-state index < -0.39 is 0 Å². The predicted octanol–water partition coefficient (Wildman–Crippen LogP) is 16.1. The zero-order chi connectivity index (χ0) is 39.3. The number of para-hydroxylation sites is 2. The molecule has 0 aliphatic heterocycles. The van der Waals surface area contributed by atoms with Crippen LogP contribution in [0.2, 0.25) is 0 Å². The lowest BCUT2D eigenvalue weighted by Crippen LogP contribution is -2.09. The SMILES string of the molecule is Cc1cccc(N(c2ccccc2)c2ccc(-c3c(C)cc4ccc5c(-c6ccc(N(c7ccccc7)c7cccc(C)c7)cc6)cc(C)c6ccc3c4c65)cc2)c1. The molecule has 0 heterocycles. The first-order valence-corrected chi connectivity index (χ1v) is 20.2. The van der Waals surface area contributed by atoms with E-state index in [0.29, 0.717) is 0 Å². The van der Waals surface area contributed by atoms with Crippen molar-refractivity contribution in [1.29, 1.82) is 0 Å². The minimum Gasteiger partial charge on any atom is -0.310 e. The lowest BCUT2D eigenvalue weighted by atomic mass is 9.84. The highest BCUT2D eigenvalue weighted by Crippen LogP contribution is 2.46. The maximum Gasteiger partial charge on any atom is 0.0464 e. The second-order valence-corrected chi connectivity index (χ2v) is 15.7. The van der Waals surface area contributed by atoms with Gasteiger partial charge in [-0.1, -0.05) is 121 Å². The minimum atomic E-state index is 1.13. The average Bonchev–Trinajstić information content (AvgIpc) is 3.25. The van der Waals surface area contributed by atoms with Crippen LogP contribution in [0.25, 0.3) is 54.6 Å². The smallest absolute Gasteiger partial charge is 0.0464 e. The van der Waals surface area contributed by atoms with E-state index in [2.05, 4.69) is 232 Å². The Morgan fingerprint density at radius 3 is 1.34 bits per heavy atom. The highest BCUT2D eigenvalue weighted by molar-refractivity contribution is 6.28. The minimum absolute atomic E-state index is 1.13. The Bertz CT molecular complexity index is 3070. The second kappa shape index (κ2) is 14.4. The van der Waals surface area contributed by atoms with Gasteiger partial charge in [-0.2, -0.15) is 0 Å². The summed E-state index contributed by atoms with van der Waals surface area (Å²) < 4.78 is 0. The molecule has 0 N–H and O–H groups in total. The van der Waals surface area contributed by atoms with Crippen LogP contribution in [0.5, 0.6) is 0 Å². The molecular weight excluding hydrogens is 701 g/mol. The van der Waals surface area contributed by atoms with Crippen LogP contribution in [0.15, 0.2) is 194 Å². The average molecular weight is 745 g/mol. The Labute approximate surface area is 341 Å². The molecule has 10 aromatic carbocycles. The zero-order valence-electron chi connectivity index (χ0n) is 33.4. The predicted molar refractivity (Wildman–Crippen MR) is 249 cm³/mol. The number of benzene rings is 10. The fourth-order valence-corrected chi connectivity index (χ4v) is 9.07. The van der Waals surface area contributed by atoms with E-state index in [0.717, 1.165) is 34.1 Å². The van der Waals surface area contributed by atoms with Gasteiger partial charge in [0.05, 0.1) is 0 Å². The van der Waals surface area contributed by atoms with Gasteiger partial charge in [0.2, 0.25) is 0 Å². The quantitative estimate of drug-likeness (QED) is 0.143. The third-order valence-corrected chi connectivity index (χ3v) is 11.7. The highest BCUT2D eigenvalue weighted by Gasteiger charge is 2.20. The molecule has 0 saturated carbocycles. The molecular formula is C56H44N2. The Balaban J connectivity index is 1.08. The van der Waals surface area contributed by atoms with Crippen molar-refractivity contribution in [2.24, 2.45) is 0 Å². The van der Waals surface area contributed by atoms with Gasteiger partial charge in [0, 0.05) is 34.1 Å². The van der Waals surface area contributed by atoms with Crippen molar-refractivity contribution in [3.8, 4) is 22.3 Å². The number of hydrogen-bond donors (Lipinski definition) is 0. The van der Waals surface area contributed by atoms with E-state index >= 15 is 0 Å². The number of anilines is 6. The molecule has 0 unspecified atom stereocenters. The van der Waals surface area contributed by atoms with Crippen LogP contribution in [-0.4, -0.2) is 0 Å². The van der Waals surface area contributed by atoms with Crippen LogP contribution >= 0.6 is 0 Å². The largest absolute Gasteiger partial charge is 0.310 e. The van der Waals surface area contributed by atoms with Crippen molar-refractivity contribution in [2.45, 2.75) is 27.7 Å². The van der Waals surface area contributed by atoms with Gasteiger partial charge in [0.1, 0.15) is 0 Å². The normalized spacial score (nSPS) is 11.4. The molecule has 58 heavy (non-hydrogen) atoms. The summed E-state index contributed by atoms with van der Waals surface area (Å²) in [5.74, 6) is 0. The van der Waals surface area contributed by atoms with Gasteiger partial charge in [-0.25, -0.2) is 0 Å². The summed E-state index contributed by atoms with van der Waals surface area (Å²) in [6.07, 6.45) is 0. The van der Waals surface area contributed by atoms with Gasteiger partial charge < -0.3 is 9.80 Å². The van der Waals surface area contributed by atoms with Crippen molar-refractivity contribution in [3.63, 3.8) is 0 Å². The molecule has 0 aliphatic carbocycles. The second-order valence-electron chi connectivity index (χ2n) is 15.7. The van der Waals surface area contributed by atoms with E-state index in [1.165, 1.54) is 76.8 Å². The van der Waals surface area contributed by atoms with E-state index in [1.54, 1.807) is 0 Å². The lowest BCUT2D eigenvalue weighted by molar-refractivity contribution is 1.27. The number of nitrogens with zero attached hydrogens (tertiary/aromatic N) is 2. The van der Waals surface area contributed by atoms with E-state index in [9.17, 15) is 0 Å². The van der Waals surface area contributed by atoms with Crippen LogP contribution in [-0.2, 0) is 0 Å². The molecule has 0 aromatic heterocycles. The van der Waals surface area contributed by atoms with Gasteiger partial charge in [-0.15, -0.1) is 0 Å². The van der Waals surface area contributed by atoms with Crippen LogP contribution < -0.4 is 9.80 Å². The van der Waals surface area contributed by atoms with Crippen molar-refractivity contribution in [2.75, 3.05) is 9.80 Å². The van der Waals surface area contributed by atoms with Crippen LogP contribution in [0.3, 0.4) is 0 Å². The van der Waals surface area contributed by atoms with E-state index in [-0.39, 0.29) is 0 Å². The van der Waals surface area contributed by atoms with Crippen LogP contribution in [0.1, 0.15) is 22.3 Å². The first kappa shape index (κ1) is 35.3. The Morgan fingerprint density at radius 1 is 0.310 bits per heavy atom. The molecule has 10 aromatic rings. The van der Waals surface area contributed by atoms with Gasteiger partial charge in [0.25, 0.3) is 0 Å². The third-order valence-electron chi connectivity index (χ3n) is 11.7. The molecule has 2 nitrogen and oxygen atoms in total. The summed E-state index contributed by atoms with van der Waals surface area (Å²) in [6, 6.07) is 71.1. The Morgan fingerprint density at radius 2 is 0.793 bits per heavy atom. The van der Waals surface area contributed by atoms with Crippen LogP contribution in [0.4, 0.5) is 34.1 Å². The van der Waals surface area contributed by atoms with Gasteiger partial charge in [-0.3, -0.25) is 0 Å². The highest BCUT2D eigenvalue weighted by atomic mass is 15.1. The van der Waals surface area contributed by atoms with Crippen molar-refractivity contribution in [1.82, 2.24) is 0 Å². The van der Waals surface area contributed by atoms with Crippen LogP contribution in [0, 0.1) is 27.7 Å². The molecule has 0 aliphatic rings. The summed E-state index contributed by atoms with van der Waals surface area (Å²) in [6.45, 7) is 8.82. The van der Waals surface area contributed by atoms with Gasteiger partial charge in [0.15, 0.2) is 0 Å². The molecule has 0 amide bonds. The summed E-state index contributed by atoms with van der Waals surface area (Å²) in [5.41, 5.74) is 16.9. The fraction of sp³-hybridized carbons (Fsp3) is 0.0714. The summed E-state index contributed by atoms with van der Waals surface area (Å²) in [5, 5.41) is 7.85. The Kier molecular flexibility index (Phi) is 8.76. The molecule has 0 fully saturated rings. The van der Waals surface area contributed by atoms with E-state index in [4.69, 9.17) is 0 Å². The molecule has 0 radical (unpaired) electrons. The summed E-state index contributed by atoms with van der Waals surface area (Å²) in [4.78, 5) is 4.68. The topological polar surface area (TPSA) is 6.48 Å². The molecule has 10 rings (SSSR count). The van der Waals surface area contributed by atoms with Crippen molar-refractivity contribution < 1.29 is 0 Å². The third kappa shape index (κ3) is 6.15. The number of aryl methyl sites for hydroxylation is 4. The summed E-state index contributed by atoms with van der Waals surface area (Å²) in [7, 11) is 0. The molecule has 0 spiro atoms. The number of hydrogen-bond acceptors (Lipinski definition) is 2. The zero-order valence-corrected chi connectivity index (χ0v) is 33.4. The molecule has 2 heteroatoms. The van der Waals surface area contributed by atoms with Crippen molar-refractivity contribution >= 4 is 66.4 Å². The maximum absolute atomic E-state index is 2.38. The first-order chi connectivity index (χ1) is 28.4. The maximum atomic E-state index is 2.38. The van der Waals surface area contributed by atoms with Crippen molar-refractivity contribution in [3.05, 3.63) is 216 Å². The first-order valence-electron chi connectivity index (χ1n) is 20.2. The fourth-order valence-electron chi connectivity index (χ4n) is 9.07.